The van der Waals surface area contributed by atoms with E-state index in [4.69, 9.17) is 0 Å². The first-order valence-electron chi connectivity index (χ1n) is 9.51. The number of aliphatic imine (C=N–C) groups is 1. The van der Waals surface area contributed by atoms with E-state index in [2.05, 4.69) is 20.9 Å². The molecule has 9 nitrogen and oxygen atoms in total. The first-order valence-corrected chi connectivity index (χ1v) is 11.4. The van der Waals surface area contributed by atoms with Gasteiger partial charge in [0, 0.05) is 32.0 Å². The van der Waals surface area contributed by atoms with Gasteiger partial charge in [-0.3, -0.25) is 10.1 Å². The number of aryl methyl sites for hydroxylation is 1. The van der Waals surface area contributed by atoms with Crippen molar-refractivity contribution in [3.05, 3.63) is 63.7 Å². The molecular formula is C20H28IN5O4S. The van der Waals surface area contributed by atoms with Crippen LogP contribution in [-0.4, -0.2) is 45.2 Å². The molecule has 0 aliphatic heterocycles. The van der Waals surface area contributed by atoms with Gasteiger partial charge in [0.25, 0.3) is 5.69 Å². The Bertz CT molecular complexity index is 1010. The van der Waals surface area contributed by atoms with E-state index in [0.29, 0.717) is 32.1 Å². The van der Waals surface area contributed by atoms with Gasteiger partial charge in [-0.05, 0) is 31.5 Å². The molecule has 0 saturated carbocycles. The highest BCUT2D eigenvalue weighted by molar-refractivity contribution is 14.0. The number of nitrogens with one attached hydrogen (secondary N) is 3. The van der Waals surface area contributed by atoms with Crippen molar-refractivity contribution in [3.63, 3.8) is 0 Å². The van der Waals surface area contributed by atoms with E-state index in [0.717, 1.165) is 17.9 Å². The number of guanidine groups is 1. The maximum Gasteiger partial charge on any atom is 0.293 e. The molecule has 11 heteroatoms. The normalized spacial score (nSPS) is 11.4. The molecule has 0 heterocycles. The van der Waals surface area contributed by atoms with Gasteiger partial charge in [0.05, 0.1) is 16.4 Å². The number of rotatable bonds is 9. The van der Waals surface area contributed by atoms with Gasteiger partial charge >= 0.3 is 0 Å². The van der Waals surface area contributed by atoms with Crippen molar-refractivity contribution in [3.8, 4) is 0 Å². The molecule has 2 aromatic rings. The Kier molecular flexibility index (Phi) is 10.7. The van der Waals surface area contributed by atoms with E-state index in [9.17, 15) is 18.5 Å². The summed E-state index contributed by atoms with van der Waals surface area (Å²) in [5.74, 6) is 0.641. The topological polar surface area (TPSA) is 126 Å². The first-order chi connectivity index (χ1) is 14.2. The Balaban J connectivity index is 0.00000480. The molecule has 0 fully saturated rings. The van der Waals surface area contributed by atoms with Gasteiger partial charge in [-0.1, -0.05) is 29.8 Å². The van der Waals surface area contributed by atoms with Crippen LogP contribution in [0.2, 0.25) is 0 Å². The fourth-order valence-corrected chi connectivity index (χ4v) is 3.27. The number of hydrogen-bond donors (Lipinski definition) is 3. The van der Waals surface area contributed by atoms with Crippen LogP contribution in [0, 0.1) is 17.0 Å². The molecule has 0 bridgehead atoms. The zero-order chi connectivity index (χ0) is 22.1. The lowest BCUT2D eigenvalue weighted by Crippen LogP contribution is -2.39. The number of nitrogens with zero attached hydrogens (tertiary/aromatic N) is 2. The van der Waals surface area contributed by atoms with E-state index in [1.807, 2.05) is 38.1 Å². The van der Waals surface area contributed by atoms with Gasteiger partial charge in [-0.15, -0.1) is 24.0 Å². The maximum atomic E-state index is 11.6. The zero-order valence-corrected chi connectivity index (χ0v) is 20.9. The molecule has 0 unspecified atom stereocenters. The number of halogens is 1. The van der Waals surface area contributed by atoms with Crippen LogP contribution in [-0.2, 0) is 16.4 Å². The lowest BCUT2D eigenvalue weighted by atomic mass is 10.1. The lowest BCUT2D eigenvalue weighted by molar-refractivity contribution is -0.384. The predicted octanol–water partition coefficient (Wildman–Crippen LogP) is 3.09. The van der Waals surface area contributed by atoms with Crippen LogP contribution in [0.5, 0.6) is 0 Å². The summed E-state index contributed by atoms with van der Waals surface area (Å²) in [5.41, 5.74) is 2.27. The number of anilines is 1. The van der Waals surface area contributed by atoms with E-state index >= 15 is 0 Å². The van der Waals surface area contributed by atoms with Crippen LogP contribution in [0.15, 0.2) is 52.4 Å². The molecule has 0 aromatic heterocycles. The fourth-order valence-electron chi connectivity index (χ4n) is 2.63. The van der Waals surface area contributed by atoms with E-state index in [-0.39, 0.29) is 40.2 Å². The number of nitro groups is 1. The Morgan fingerprint density at radius 1 is 1.10 bits per heavy atom. The Hall–Kier alpha value is -2.41. The minimum Gasteiger partial charge on any atom is -0.378 e. The SMILES string of the molecule is CCNC(=NCc1ccc(C)cc1)NCCNc1ccc(S(C)(=O)=O)cc1[N+](=O)[O-].I. The molecule has 170 valence electrons. The Labute approximate surface area is 199 Å². The van der Waals surface area contributed by atoms with Crippen molar-refractivity contribution < 1.29 is 13.3 Å². The van der Waals surface area contributed by atoms with E-state index in [1.54, 1.807) is 0 Å². The van der Waals surface area contributed by atoms with Crippen molar-refractivity contribution in [2.45, 2.75) is 25.3 Å². The van der Waals surface area contributed by atoms with Crippen molar-refractivity contribution >= 4 is 51.1 Å². The summed E-state index contributed by atoms with van der Waals surface area (Å²) in [7, 11) is -3.52. The van der Waals surface area contributed by atoms with E-state index < -0.39 is 14.8 Å². The van der Waals surface area contributed by atoms with Crippen LogP contribution in [0.25, 0.3) is 0 Å². The molecular weight excluding hydrogens is 533 g/mol. The van der Waals surface area contributed by atoms with Crippen molar-refractivity contribution in [2.75, 3.05) is 31.2 Å². The third-order valence-corrected chi connectivity index (χ3v) is 5.32. The summed E-state index contributed by atoms with van der Waals surface area (Å²) in [6.45, 7) is 6.07. The van der Waals surface area contributed by atoms with Crippen molar-refractivity contribution in [1.29, 1.82) is 0 Å². The van der Waals surface area contributed by atoms with Crippen molar-refractivity contribution in [2.24, 2.45) is 4.99 Å². The summed E-state index contributed by atoms with van der Waals surface area (Å²) < 4.78 is 23.2. The number of sulfone groups is 1. The van der Waals surface area contributed by atoms with Crippen LogP contribution in [0.1, 0.15) is 18.1 Å². The summed E-state index contributed by atoms with van der Waals surface area (Å²) in [6, 6.07) is 12.0. The molecule has 0 radical (unpaired) electrons. The molecule has 0 aliphatic rings. The van der Waals surface area contributed by atoms with Gasteiger partial charge < -0.3 is 16.0 Å². The van der Waals surface area contributed by atoms with Crippen LogP contribution >= 0.6 is 24.0 Å². The summed E-state index contributed by atoms with van der Waals surface area (Å²) in [5, 5.41) is 20.6. The highest BCUT2D eigenvalue weighted by Crippen LogP contribution is 2.27. The molecule has 0 atom stereocenters. The molecule has 31 heavy (non-hydrogen) atoms. The monoisotopic (exact) mass is 561 g/mol. The summed E-state index contributed by atoms with van der Waals surface area (Å²) in [4.78, 5) is 15.1. The van der Waals surface area contributed by atoms with Gasteiger partial charge in [0.2, 0.25) is 0 Å². The third kappa shape index (κ3) is 8.69. The minimum absolute atomic E-state index is 0. The predicted molar refractivity (Wildman–Crippen MR) is 134 cm³/mol. The van der Waals surface area contributed by atoms with Crippen LogP contribution in [0.4, 0.5) is 11.4 Å². The smallest absolute Gasteiger partial charge is 0.293 e. The third-order valence-electron chi connectivity index (χ3n) is 4.21. The lowest BCUT2D eigenvalue weighted by Gasteiger charge is -2.13. The fraction of sp³-hybridized carbons (Fsp3) is 0.350. The highest BCUT2D eigenvalue weighted by atomic mass is 127. The van der Waals surface area contributed by atoms with Crippen molar-refractivity contribution in [1.82, 2.24) is 10.6 Å². The van der Waals surface area contributed by atoms with Gasteiger partial charge in [0.15, 0.2) is 15.8 Å². The number of nitro benzene ring substituents is 1. The van der Waals surface area contributed by atoms with E-state index in [1.165, 1.54) is 17.7 Å². The number of benzene rings is 2. The molecule has 2 rings (SSSR count). The first kappa shape index (κ1) is 26.6. The quantitative estimate of drug-likeness (QED) is 0.107. The minimum atomic E-state index is -3.52. The Morgan fingerprint density at radius 3 is 2.35 bits per heavy atom. The van der Waals surface area contributed by atoms with Gasteiger partial charge in [0.1, 0.15) is 5.69 Å². The highest BCUT2D eigenvalue weighted by Gasteiger charge is 2.18. The molecule has 0 spiro atoms. The molecule has 0 saturated heterocycles. The average Bonchev–Trinajstić information content (AvgIpc) is 2.69. The number of hydrogen-bond acceptors (Lipinski definition) is 6. The van der Waals surface area contributed by atoms with Crippen LogP contribution < -0.4 is 16.0 Å². The summed E-state index contributed by atoms with van der Waals surface area (Å²) in [6.07, 6.45) is 1.02. The second kappa shape index (κ2) is 12.4. The second-order valence-corrected chi connectivity index (χ2v) is 8.76. The van der Waals surface area contributed by atoms with Gasteiger partial charge in [-0.25, -0.2) is 13.4 Å². The molecule has 2 aromatic carbocycles. The standard InChI is InChI=1S/C20H27N5O4S.HI/c1-4-21-20(24-14-16-7-5-15(2)6-8-16)23-12-11-22-18-10-9-17(30(3,28)29)13-19(18)25(26)27;/h5-10,13,22H,4,11-12,14H2,1-3H3,(H2,21,23,24);1H. The second-order valence-electron chi connectivity index (χ2n) is 6.74. The molecule has 0 amide bonds. The van der Waals surface area contributed by atoms with Crippen LogP contribution in [0.3, 0.4) is 0 Å². The molecule has 0 aliphatic carbocycles. The maximum absolute atomic E-state index is 11.6. The largest absolute Gasteiger partial charge is 0.378 e. The Morgan fingerprint density at radius 2 is 1.77 bits per heavy atom. The van der Waals surface area contributed by atoms with Gasteiger partial charge in [-0.2, -0.15) is 0 Å². The molecule has 3 N–H and O–H groups in total. The zero-order valence-electron chi connectivity index (χ0n) is 17.7. The average molecular weight is 561 g/mol. The summed E-state index contributed by atoms with van der Waals surface area (Å²) >= 11 is 0.